The van der Waals surface area contributed by atoms with Gasteiger partial charge in [0.2, 0.25) is 5.91 Å². The molecule has 102 valence electrons. The first-order valence-corrected chi connectivity index (χ1v) is 6.48. The molecule has 1 atom stereocenters. The molecule has 1 N–H and O–H groups in total. The van der Waals surface area contributed by atoms with Crippen LogP contribution in [0.4, 0.5) is 0 Å². The largest absolute Gasteiger partial charge is 0.481 e. The number of rotatable bonds is 4. The molecule has 1 aromatic carbocycles. The van der Waals surface area contributed by atoms with Crippen LogP contribution in [0.15, 0.2) is 30.3 Å². The summed E-state index contributed by atoms with van der Waals surface area (Å²) < 4.78 is 5.69. The predicted molar refractivity (Wildman–Crippen MR) is 70.7 cm³/mol. The minimum atomic E-state index is -0.534. The average molecular weight is 262 g/mol. The topological polar surface area (TPSA) is 58.6 Å². The highest BCUT2D eigenvalue weighted by Crippen LogP contribution is 2.14. The maximum Gasteiger partial charge on any atom is 0.264 e. The van der Waals surface area contributed by atoms with Crippen molar-refractivity contribution >= 4 is 11.8 Å². The number of carbonyl (C=O) groups excluding carboxylic acids is 2. The monoisotopic (exact) mass is 262 g/mol. The van der Waals surface area contributed by atoms with Gasteiger partial charge in [0.15, 0.2) is 6.10 Å². The van der Waals surface area contributed by atoms with E-state index in [4.69, 9.17) is 4.74 Å². The van der Waals surface area contributed by atoms with Crippen molar-refractivity contribution < 1.29 is 14.3 Å². The van der Waals surface area contributed by atoms with Crippen LogP contribution in [-0.2, 0) is 9.59 Å². The first-order chi connectivity index (χ1) is 9.20. The second-order valence-electron chi connectivity index (χ2n) is 4.44. The summed E-state index contributed by atoms with van der Waals surface area (Å²) in [6.45, 7) is 3.06. The van der Waals surface area contributed by atoms with E-state index in [1.807, 2.05) is 37.3 Å². The third-order valence-electron chi connectivity index (χ3n) is 3.02. The lowest BCUT2D eigenvalue weighted by atomic mass is 10.2. The molecule has 0 saturated carbocycles. The molecule has 2 amide bonds. The Bertz CT molecular complexity index is 447. The predicted octanol–water partition coefficient (Wildman–Crippen LogP) is 0.802. The van der Waals surface area contributed by atoms with E-state index in [9.17, 15) is 9.59 Å². The Morgan fingerprint density at radius 1 is 1.42 bits per heavy atom. The summed E-state index contributed by atoms with van der Waals surface area (Å²) in [5.74, 6) is 0.430. The van der Waals surface area contributed by atoms with Crippen molar-refractivity contribution in [1.29, 1.82) is 0 Å². The van der Waals surface area contributed by atoms with Gasteiger partial charge in [-0.1, -0.05) is 25.1 Å². The molecule has 0 aromatic heterocycles. The number of nitrogens with one attached hydrogen (secondary N) is 1. The van der Waals surface area contributed by atoms with Crippen LogP contribution in [0.25, 0.3) is 0 Å². The second kappa shape index (κ2) is 6.22. The Balaban J connectivity index is 2.00. The molecule has 5 nitrogen and oxygen atoms in total. The van der Waals surface area contributed by atoms with Gasteiger partial charge in [0.25, 0.3) is 5.91 Å². The Labute approximate surface area is 112 Å². The number of amides is 2. The van der Waals surface area contributed by atoms with Crippen molar-refractivity contribution in [1.82, 2.24) is 10.2 Å². The molecule has 1 fully saturated rings. The van der Waals surface area contributed by atoms with Gasteiger partial charge in [0, 0.05) is 13.1 Å². The van der Waals surface area contributed by atoms with Crippen molar-refractivity contribution in [3.63, 3.8) is 0 Å². The van der Waals surface area contributed by atoms with Crippen molar-refractivity contribution in [3.8, 4) is 5.75 Å². The Hall–Kier alpha value is -2.04. The third kappa shape index (κ3) is 3.47. The number of carbonyl (C=O) groups is 2. The highest BCUT2D eigenvalue weighted by Gasteiger charge is 2.28. The molecule has 5 heteroatoms. The summed E-state index contributed by atoms with van der Waals surface area (Å²) in [5.41, 5.74) is 0. The van der Waals surface area contributed by atoms with Crippen LogP contribution in [0.3, 0.4) is 0 Å². The normalized spacial score (nSPS) is 16.7. The van der Waals surface area contributed by atoms with Crippen LogP contribution in [0.1, 0.15) is 13.3 Å². The van der Waals surface area contributed by atoms with Crippen LogP contribution in [0.5, 0.6) is 5.75 Å². The average Bonchev–Trinajstić information content (AvgIpc) is 2.45. The zero-order chi connectivity index (χ0) is 13.7. The van der Waals surface area contributed by atoms with E-state index in [2.05, 4.69) is 5.32 Å². The summed E-state index contributed by atoms with van der Waals surface area (Å²) in [7, 11) is 0. The van der Waals surface area contributed by atoms with E-state index >= 15 is 0 Å². The fourth-order valence-corrected chi connectivity index (χ4v) is 2.00. The number of ether oxygens (including phenoxy) is 1. The summed E-state index contributed by atoms with van der Waals surface area (Å²) in [4.78, 5) is 25.2. The molecule has 1 aliphatic heterocycles. The molecule has 2 rings (SSSR count). The zero-order valence-corrected chi connectivity index (χ0v) is 11.0. The second-order valence-corrected chi connectivity index (χ2v) is 4.44. The van der Waals surface area contributed by atoms with Gasteiger partial charge in [-0.25, -0.2) is 0 Å². The van der Waals surface area contributed by atoms with E-state index in [-0.39, 0.29) is 18.4 Å². The van der Waals surface area contributed by atoms with Gasteiger partial charge in [0.05, 0.1) is 6.54 Å². The van der Waals surface area contributed by atoms with E-state index in [0.717, 1.165) is 0 Å². The fraction of sp³-hybridized carbons (Fsp3) is 0.429. The first kappa shape index (κ1) is 13.4. The molecule has 1 saturated heterocycles. The van der Waals surface area contributed by atoms with Crippen molar-refractivity contribution in [2.75, 3.05) is 19.6 Å². The molecule has 0 aliphatic carbocycles. The number of para-hydroxylation sites is 1. The smallest absolute Gasteiger partial charge is 0.264 e. The van der Waals surface area contributed by atoms with Crippen LogP contribution in [0.2, 0.25) is 0 Å². The van der Waals surface area contributed by atoms with Gasteiger partial charge in [-0.15, -0.1) is 0 Å². The van der Waals surface area contributed by atoms with E-state index < -0.39 is 6.10 Å². The molecule has 1 aromatic rings. The molecule has 0 spiro atoms. The molecule has 19 heavy (non-hydrogen) atoms. The number of nitrogens with zero attached hydrogens (tertiary/aromatic N) is 1. The van der Waals surface area contributed by atoms with Crippen molar-refractivity contribution in [2.24, 2.45) is 0 Å². The van der Waals surface area contributed by atoms with E-state index in [1.165, 1.54) is 0 Å². The molecule has 0 bridgehead atoms. The highest BCUT2D eigenvalue weighted by atomic mass is 16.5. The Kier molecular flexibility index (Phi) is 4.39. The lowest BCUT2D eigenvalue weighted by molar-refractivity contribution is -0.144. The third-order valence-corrected chi connectivity index (χ3v) is 3.02. The molecular formula is C14H18N2O3. The molecular weight excluding hydrogens is 244 g/mol. The van der Waals surface area contributed by atoms with Gasteiger partial charge >= 0.3 is 0 Å². The van der Waals surface area contributed by atoms with Gasteiger partial charge in [-0.2, -0.15) is 0 Å². The number of piperazine rings is 1. The van der Waals surface area contributed by atoms with Crippen LogP contribution in [-0.4, -0.2) is 42.5 Å². The minimum Gasteiger partial charge on any atom is -0.481 e. The maximum absolute atomic E-state index is 12.3. The van der Waals surface area contributed by atoms with Crippen molar-refractivity contribution in [3.05, 3.63) is 30.3 Å². The molecule has 1 aliphatic rings. The molecule has 1 heterocycles. The van der Waals surface area contributed by atoms with Crippen LogP contribution >= 0.6 is 0 Å². The number of hydrogen-bond donors (Lipinski definition) is 1. The zero-order valence-electron chi connectivity index (χ0n) is 11.0. The minimum absolute atomic E-state index is 0.117. The van der Waals surface area contributed by atoms with E-state index in [0.29, 0.717) is 25.3 Å². The van der Waals surface area contributed by atoms with Gasteiger partial charge in [-0.3, -0.25) is 9.59 Å². The lowest BCUT2D eigenvalue weighted by Crippen LogP contribution is -2.53. The highest BCUT2D eigenvalue weighted by molar-refractivity contribution is 5.88. The van der Waals surface area contributed by atoms with Gasteiger partial charge < -0.3 is 15.0 Å². The maximum atomic E-state index is 12.3. The van der Waals surface area contributed by atoms with Gasteiger partial charge in [0.1, 0.15) is 5.75 Å². The standard InChI is InChI=1S/C14H18N2O3/c1-2-12(19-11-6-4-3-5-7-11)14(18)16-9-8-15-13(17)10-16/h3-7,12H,2,8-10H2,1H3,(H,15,17)/t12-/m0/s1. The van der Waals surface area contributed by atoms with Crippen LogP contribution < -0.4 is 10.1 Å². The SMILES string of the molecule is CC[C@H](Oc1ccccc1)C(=O)N1CCNC(=O)C1. The van der Waals surface area contributed by atoms with Crippen LogP contribution in [0, 0.1) is 0 Å². The lowest BCUT2D eigenvalue weighted by Gasteiger charge is -2.30. The summed E-state index contributed by atoms with van der Waals surface area (Å²) in [6.07, 6.45) is 0.0413. The summed E-state index contributed by atoms with van der Waals surface area (Å²) >= 11 is 0. The van der Waals surface area contributed by atoms with Crippen molar-refractivity contribution in [2.45, 2.75) is 19.4 Å². The number of hydrogen-bond acceptors (Lipinski definition) is 3. The Morgan fingerprint density at radius 2 is 2.16 bits per heavy atom. The fourth-order valence-electron chi connectivity index (χ4n) is 2.00. The van der Waals surface area contributed by atoms with E-state index in [1.54, 1.807) is 4.90 Å². The molecule has 0 radical (unpaired) electrons. The number of benzene rings is 1. The Morgan fingerprint density at radius 3 is 2.79 bits per heavy atom. The summed E-state index contributed by atoms with van der Waals surface area (Å²) in [6, 6.07) is 9.25. The quantitative estimate of drug-likeness (QED) is 0.873. The van der Waals surface area contributed by atoms with Gasteiger partial charge in [-0.05, 0) is 18.6 Å². The summed E-state index contributed by atoms with van der Waals surface area (Å²) in [5, 5.41) is 2.70. The first-order valence-electron chi connectivity index (χ1n) is 6.48. The molecule has 0 unspecified atom stereocenters.